The molecule has 0 saturated carbocycles. The van der Waals surface area contributed by atoms with Gasteiger partial charge in [-0.1, -0.05) is 12.1 Å². The fourth-order valence-corrected chi connectivity index (χ4v) is 2.85. The number of nitrogens with one attached hydrogen (secondary N) is 1. The van der Waals surface area contributed by atoms with Gasteiger partial charge in [-0.25, -0.2) is 4.99 Å². The van der Waals surface area contributed by atoms with E-state index in [2.05, 4.69) is 48.7 Å². The van der Waals surface area contributed by atoms with Gasteiger partial charge in [0, 0.05) is 37.0 Å². The maximum absolute atomic E-state index is 9.34. The summed E-state index contributed by atoms with van der Waals surface area (Å²) in [4.78, 5) is 6.78. The lowest BCUT2D eigenvalue weighted by Crippen LogP contribution is -2.38. The van der Waals surface area contributed by atoms with Gasteiger partial charge in [0.05, 0.1) is 13.1 Å². The number of rotatable bonds is 5. The molecule has 1 aromatic carbocycles. The first-order valence-corrected chi connectivity index (χ1v) is 8.37. The zero-order chi connectivity index (χ0) is 16.8. The van der Waals surface area contributed by atoms with Crippen LogP contribution >= 0.6 is 15.9 Å². The molecule has 1 heterocycles. The average Bonchev–Trinajstić information content (AvgIpc) is 2.82. The van der Waals surface area contributed by atoms with Crippen LogP contribution in [0.2, 0.25) is 0 Å². The van der Waals surface area contributed by atoms with Crippen LogP contribution in [0.5, 0.6) is 5.75 Å². The van der Waals surface area contributed by atoms with Gasteiger partial charge in [0.2, 0.25) is 0 Å². The average molecular weight is 379 g/mol. The molecule has 0 saturated heterocycles. The highest BCUT2D eigenvalue weighted by Gasteiger charge is 2.09. The largest absolute Gasteiger partial charge is 0.508 e. The van der Waals surface area contributed by atoms with Crippen LogP contribution in [-0.4, -0.2) is 34.1 Å². The number of hydrogen-bond donors (Lipinski definition) is 2. The van der Waals surface area contributed by atoms with Gasteiger partial charge in [0.1, 0.15) is 5.75 Å². The number of aromatic nitrogens is 1. The second-order valence-corrected chi connectivity index (χ2v) is 6.37. The topological polar surface area (TPSA) is 52.8 Å². The molecule has 1 aromatic heterocycles. The van der Waals surface area contributed by atoms with E-state index in [1.54, 1.807) is 12.1 Å². The van der Waals surface area contributed by atoms with E-state index in [0.29, 0.717) is 6.54 Å². The van der Waals surface area contributed by atoms with Crippen molar-refractivity contribution in [1.82, 2.24) is 14.8 Å². The smallest absolute Gasteiger partial charge is 0.194 e. The fraction of sp³-hybridized carbons (Fsp3) is 0.353. The minimum absolute atomic E-state index is 0.274. The minimum Gasteiger partial charge on any atom is -0.508 e. The Labute approximate surface area is 145 Å². The van der Waals surface area contributed by atoms with E-state index in [9.17, 15) is 5.11 Å². The van der Waals surface area contributed by atoms with Crippen molar-refractivity contribution in [2.75, 3.05) is 13.6 Å². The van der Waals surface area contributed by atoms with E-state index in [-0.39, 0.29) is 5.75 Å². The third kappa shape index (κ3) is 5.03. The van der Waals surface area contributed by atoms with Gasteiger partial charge in [-0.3, -0.25) is 0 Å². The Bertz CT molecular complexity index is 664. The Morgan fingerprint density at radius 3 is 2.61 bits per heavy atom. The van der Waals surface area contributed by atoms with E-state index < -0.39 is 0 Å². The molecule has 0 unspecified atom stereocenters. The van der Waals surface area contributed by atoms with E-state index in [0.717, 1.165) is 29.1 Å². The Hall–Kier alpha value is -1.95. The van der Waals surface area contributed by atoms with Crippen molar-refractivity contribution < 1.29 is 5.11 Å². The molecule has 0 atom stereocenters. The van der Waals surface area contributed by atoms with Crippen molar-refractivity contribution in [3.05, 3.63) is 52.3 Å². The molecule has 23 heavy (non-hydrogen) atoms. The summed E-state index contributed by atoms with van der Waals surface area (Å²) in [6, 6.07) is 9.25. The zero-order valence-electron chi connectivity index (χ0n) is 13.8. The van der Waals surface area contributed by atoms with Crippen molar-refractivity contribution in [3.8, 4) is 5.75 Å². The van der Waals surface area contributed by atoms with Crippen LogP contribution in [-0.2, 0) is 20.1 Å². The van der Waals surface area contributed by atoms with Gasteiger partial charge in [0.25, 0.3) is 0 Å². The zero-order valence-corrected chi connectivity index (χ0v) is 15.3. The highest BCUT2D eigenvalue weighted by atomic mass is 79.9. The molecule has 0 aliphatic carbocycles. The molecule has 5 nitrogen and oxygen atoms in total. The molecular weight excluding hydrogens is 356 g/mol. The molecule has 0 amide bonds. The number of benzene rings is 1. The van der Waals surface area contributed by atoms with Crippen LogP contribution < -0.4 is 5.32 Å². The Morgan fingerprint density at radius 2 is 2.04 bits per heavy atom. The molecule has 0 radical (unpaired) electrons. The first-order chi connectivity index (χ1) is 11.0. The number of aromatic hydroxyl groups is 1. The normalized spacial score (nSPS) is 11.6. The van der Waals surface area contributed by atoms with Crippen LogP contribution in [0.25, 0.3) is 0 Å². The van der Waals surface area contributed by atoms with Crippen molar-refractivity contribution in [2.45, 2.75) is 20.0 Å². The van der Waals surface area contributed by atoms with Gasteiger partial charge in [-0.15, -0.1) is 0 Å². The maximum atomic E-state index is 9.34. The summed E-state index contributed by atoms with van der Waals surface area (Å²) in [7, 11) is 4.06. The summed E-state index contributed by atoms with van der Waals surface area (Å²) in [6.07, 6.45) is 2.05. The van der Waals surface area contributed by atoms with Crippen LogP contribution in [0.3, 0.4) is 0 Å². The second-order valence-electron chi connectivity index (χ2n) is 5.45. The Morgan fingerprint density at radius 1 is 1.35 bits per heavy atom. The Balaban J connectivity index is 2.08. The molecule has 0 bridgehead atoms. The van der Waals surface area contributed by atoms with Crippen LogP contribution in [0.4, 0.5) is 0 Å². The van der Waals surface area contributed by atoms with Gasteiger partial charge in [0.15, 0.2) is 5.96 Å². The molecule has 2 rings (SSSR count). The van der Waals surface area contributed by atoms with Gasteiger partial charge < -0.3 is 19.9 Å². The third-order valence-corrected chi connectivity index (χ3v) is 3.95. The number of halogens is 1. The Kier molecular flexibility index (Phi) is 6.10. The molecule has 2 N–H and O–H groups in total. The number of phenolic OH excluding ortho intramolecular Hbond substituents is 1. The predicted octanol–water partition coefficient (Wildman–Crippen LogP) is 3.09. The number of hydrogen-bond acceptors (Lipinski definition) is 2. The highest BCUT2D eigenvalue weighted by Crippen LogP contribution is 2.15. The van der Waals surface area contributed by atoms with Crippen molar-refractivity contribution in [1.29, 1.82) is 0 Å². The number of aliphatic imine (C=N–C) groups is 1. The van der Waals surface area contributed by atoms with Crippen LogP contribution in [0.1, 0.15) is 18.2 Å². The molecule has 0 aliphatic heterocycles. The van der Waals surface area contributed by atoms with Crippen LogP contribution in [0.15, 0.2) is 46.0 Å². The van der Waals surface area contributed by atoms with Crippen molar-refractivity contribution >= 4 is 21.9 Å². The molecule has 2 aromatic rings. The summed E-state index contributed by atoms with van der Waals surface area (Å²) in [5, 5.41) is 12.7. The standard InChI is InChI=1S/C17H23BrN4O/c1-4-19-17(20-10-13-5-7-16(23)8-6-13)22(3)12-15-9-14(18)11-21(15)2/h5-9,11,23H,4,10,12H2,1-3H3,(H,19,20). The van der Waals surface area contributed by atoms with E-state index in [1.165, 1.54) is 5.69 Å². The number of phenols is 1. The first-order valence-electron chi connectivity index (χ1n) is 7.57. The summed E-state index contributed by atoms with van der Waals surface area (Å²) in [6.45, 7) is 4.21. The quantitative estimate of drug-likeness (QED) is 0.620. The van der Waals surface area contributed by atoms with Gasteiger partial charge >= 0.3 is 0 Å². The van der Waals surface area contributed by atoms with E-state index in [1.807, 2.05) is 32.4 Å². The number of aryl methyl sites for hydroxylation is 1. The molecule has 124 valence electrons. The number of nitrogens with zero attached hydrogens (tertiary/aromatic N) is 3. The van der Waals surface area contributed by atoms with Crippen LogP contribution in [0, 0.1) is 0 Å². The summed E-state index contributed by atoms with van der Waals surface area (Å²) < 4.78 is 3.18. The lowest BCUT2D eigenvalue weighted by atomic mass is 10.2. The molecule has 0 aliphatic rings. The third-order valence-electron chi connectivity index (χ3n) is 3.52. The minimum atomic E-state index is 0.274. The van der Waals surface area contributed by atoms with E-state index >= 15 is 0 Å². The molecule has 6 heteroatoms. The molecule has 0 spiro atoms. The lowest BCUT2D eigenvalue weighted by Gasteiger charge is -2.22. The summed E-state index contributed by atoms with van der Waals surface area (Å²) >= 11 is 3.50. The molecular formula is C17H23BrN4O. The maximum Gasteiger partial charge on any atom is 0.194 e. The SMILES string of the molecule is CCNC(=NCc1ccc(O)cc1)N(C)Cc1cc(Br)cn1C. The second kappa shape index (κ2) is 8.06. The highest BCUT2D eigenvalue weighted by molar-refractivity contribution is 9.10. The van der Waals surface area contributed by atoms with Gasteiger partial charge in [-0.05, 0) is 46.6 Å². The fourth-order valence-electron chi connectivity index (χ4n) is 2.28. The predicted molar refractivity (Wildman–Crippen MR) is 97.5 cm³/mol. The van der Waals surface area contributed by atoms with Crippen molar-refractivity contribution in [3.63, 3.8) is 0 Å². The number of guanidine groups is 1. The van der Waals surface area contributed by atoms with Crippen molar-refractivity contribution in [2.24, 2.45) is 12.0 Å². The monoisotopic (exact) mass is 378 g/mol. The molecule has 0 fully saturated rings. The summed E-state index contributed by atoms with van der Waals surface area (Å²) in [5.74, 6) is 1.13. The lowest BCUT2D eigenvalue weighted by molar-refractivity contribution is 0.462. The summed E-state index contributed by atoms with van der Waals surface area (Å²) in [5.41, 5.74) is 2.27. The van der Waals surface area contributed by atoms with Gasteiger partial charge in [-0.2, -0.15) is 0 Å². The van der Waals surface area contributed by atoms with E-state index in [4.69, 9.17) is 0 Å². The first kappa shape index (κ1) is 17.4.